The number of hydrogen-bond acceptors (Lipinski definition) is 3. The highest BCUT2D eigenvalue weighted by Gasteiger charge is 2.19. The third kappa shape index (κ3) is 5.73. The van der Waals surface area contributed by atoms with E-state index in [-0.39, 0.29) is 16.4 Å². The third-order valence-electron chi connectivity index (χ3n) is 3.43. The van der Waals surface area contributed by atoms with Crippen LogP contribution in [0, 0.1) is 5.82 Å². The van der Waals surface area contributed by atoms with E-state index in [4.69, 9.17) is 27.9 Å². The number of hydrogen-bond donors (Lipinski definition) is 1. The Balaban J connectivity index is 1.81. The lowest BCUT2D eigenvalue weighted by atomic mass is 10.1. The molecule has 132 valence electrons. The molecule has 0 aliphatic heterocycles. The lowest BCUT2D eigenvalue weighted by Gasteiger charge is -2.14. The fourth-order valence-electron chi connectivity index (χ4n) is 2.03. The van der Waals surface area contributed by atoms with Crippen LogP contribution in [-0.4, -0.2) is 24.5 Å². The second-order valence-electron chi connectivity index (χ2n) is 5.34. The molecule has 0 saturated heterocycles. The highest BCUT2D eigenvalue weighted by Crippen LogP contribution is 2.23. The van der Waals surface area contributed by atoms with E-state index in [9.17, 15) is 14.0 Å². The Labute approximate surface area is 154 Å². The number of ether oxygens (including phenoxy) is 1. The Bertz CT molecular complexity index is 765. The zero-order valence-corrected chi connectivity index (χ0v) is 14.9. The minimum absolute atomic E-state index is 0.209. The maximum atomic E-state index is 12.8. The summed E-state index contributed by atoms with van der Waals surface area (Å²) in [6.07, 6.45) is -0.422. The number of nitrogens with one attached hydrogen (secondary N) is 1. The van der Waals surface area contributed by atoms with Gasteiger partial charge in [-0.05, 0) is 49.2 Å². The first-order valence-electron chi connectivity index (χ1n) is 7.55. The van der Waals surface area contributed by atoms with E-state index in [1.165, 1.54) is 37.3 Å². The van der Waals surface area contributed by atoms with Crippen molar-refractivity contribution in [1.82, 2.24) is 5.32 Å². The number of rotatable bonds is 6. The van der Waals surface area contributed by atoms with Crippen molar-refractivity contribution in [3.05, 3.63) is 69.5 Å². The van der Waals surface area contributed by atoms with Gasteiger partial charge in [-0.15, -0.1) is 0 Å². The van der Waals surface area contributed by atoms with Crippen molar-refractivity contribution >= 4 is 35.1 Å². The van der Waals surface area contributed by atoms with E-state index in [1.54, 1.807) is 12.1 Å². The van der Waals surface area contributed by atoms with Gasteiger partial charge in [-0.2, -0.15) is 0 Å². The summed E-state index contributed by atoms with van der Waals surface area (Å²) in [4.78, 5) is 24.0. The van der Waals surface area contributed by atoms with Gasteiger partial charge in [-0.1, -0.05) is 35.3 Å². The van der Waals surface area contributed by atoms with Crippen molar-refractivity contribution in [1.29, 1.82) is 0 Å². The molecule has 1 N–H and O–H groups in total. The summed E-state index contributed by atoms with van der Waals surface area (Å²) in [7, 11) is 0. The molecule has 2 rings (SSSR count). The Hall–Kier alpha value is -2.11. The molecule has 0 fully saturated rings. The standard InChI is InChI=1S/C18H16Cl2FNO3/c1-11(25-18(24)13-4-7-15(19)16(20)10-13)17(23)22-9-8-12-2-5-14(21)6-3-12/h2-7,10-11H,8-9H2,1H3,(H,22,23)/t11-/m1/s1. The van der Waals surface area contributed by atoms with E-state index in [1.807, 2.05) is 0 Å². The van der Waals surface area contributed by atoms with Gasteiger partial charge in [0.15, 0.2) is 6.10 Å². The lowest BCUT2D eigenvalue weighted by Crippen LogP contribution is -2.36. The fraction of sp³-hybridized carbons (Fsp3) is 0.222. The third-order valence-corrected chi connectivity index (χ3v) is 4.17. The fourth-order valence-corrected chi connectivity index (χ4v) is 2.33. The molecule has 2 aromatic carbocycles. The van der Waals surface area contributed by atoms with Crippen molar-refractivity contribution in [2.24, 2.45) is 0 Å². The number of amides is 1. The molecule has 0 radical (unpaired) electrons. The molecule has 0 saturated carbocycles. The van der Waals surface area contributed by atoms with Crippen LogP contribution in [0.4, 0.5) is 4.39 Å². The van der Waals surface area contributed by atoms with Gasteiger partial charge in [0.25, 0.3) is 5.91 Å². The molecule has 7 heteroatoms. The average Bonchev–Trinajstić information content (AvgIpc) is 2.58. The number of carbonyl (C=O) groups is 2. The van der Waals surface area contributed by atoms with Gasteiger partial charge in [-0.25, -0.2) is 9.18 Å². The molecule has 0 heterocycles. The van der Waals surface area contributed by atoms with Crippen molar-refractivity contribution < 1.29 is 18.7 Å². The summed E-state index contributed by atoms with van der Waals surface area (Å²) >= 11 is 11.6. The normalized spacial score (nSPS) is 11.7. The first-order chi connectivity index (χ1) is 11.9. The second-order valence-corrected chi connectivity index (χ2v) is 6.16. The van der Waals surface area contributed by atoms with Crippen LogP contribution in [0.3, 0.4) is 0 Å². The maximum Gasteiger partial charge on any atom is 0.338 e. The number of halogens is 3. The predicted molar refractivity (Wildman–Crippen MR) is 94.5 cm³/mol. The molecular weight excluding hydrogens is 368 g/mol. The Morgan fingerprint density at radius 2 is 1.80 bits per heavy atom. The van der Waals surface area contributed by atoms with Crippen LogP contribution in [-0.2, 0) is 16.0 Å². The number of esters is 1. The van der Waals surface area contributed by atoms with Crippen LogP contribution in [0.5, 0.6) is 0 Å². The van der Waals surface area contributed by atoms with Gasteiger partial charge in [0.05, 0.1) is 15.6 Å². The van der Waals surface area contributed by atoms with Crippen LogP contribution in [0.2, 0.25) is 10.0 Å². The highest BCUT2D eigenvalue weighted by atomic mass is 35.5. The molecule has 1 atom stereocenters. The topological polar surface area (TPSA) is 55.4 Å². The Kier molecular flexibility index (Phi) is 6.79. The van der Waals surface area contributed by atoms with Crippen molar-refractivity contribution in [3.63, 3.8) is 0 Å². The van der Waals surface area contributed by atoms with E-state index in [2.05, 4.69) is 5.32 Å². The predicted octanol–water partition coefficient (Wildman–Crippen LogP) is 4.04. The van der Waals surface area contributed by atoms with Gasteiger partial charge in [0, 0.05) is 6.54 Å². The van der Waals surface area contributed by atoms with E-state index in [0.717, 1.165) is 5.56 Å². The van der Waals surface area contributed by atoms with Gasteiger partial charge in [0.1, 0.15) is 5.82 Å². The first-order valence-corrected chi connectivity index (χ1v) is 8.30. The second kappa shape index (κ2) is 8.83. The van der Waals surface area contributed by atoms with Crippen molar-refractivity contribution in [2.45, 2.75) is 19.4 Å². The van der Waals surface area contributed by atoms with Crippen LogP contribution in [0.25, 0.3) is 0 Å². The molecule has 0 aliphatic carbocycles. The maximum absolute atomic E-state index is 12.8. The molecule has 0 aliphatic rings. The molecule has 4 nitrogen and oxygen atoms in total. The summed E-state index contributed by atoms with van der Waals surface area (Å²) in [5, 5.41) is 3.22. The number of benzene rings is 2. The minimum Gasteiger partial charge on any atom is -0.449 e. The summed E-state index contributed by atoms with van der Waals surface area (Å²) < 4.78 is 17.9. The Morgan fingerprint density at radius 1 is 1.12 bits per heavy atom. The molecule has 0 spiro atoms. The average molecular weight is 384 g/mol. The van der Waals surface area contributed by atoms with Gasteiger partial charge in [0.2, 0.25) is 0 Å². The molecular formula is C18H16Cl2FNO3. The zero-order chi connectivity index (χ0) is 18.4. The molecule has 0 aromatic heterocycles. The van der Waals surface area contributed by atoms with Gasteiger partial charge >= 0.3 is 5.97 Å². The molecule has 0 unspecified atom stereocenters. The SMILES string of the molecule is C[C@@H](OC(=O)c1ccc(Cl)c(Cl)c1)C(=O)NCCc1ccc(F)cc1. The van der Waals surface area contributed by atoms with Crippen LogP contribution < -0.4 is 5.32 Å². The molecule has 1 amide bonds. The van der Waals surface area contributed by atoms with E-state index in [0.29, 0.717) is 18.0 Å². The Morgan fingerprint density at radius 3 is 2.44 bits per heavy atom. The van der Waals surface area contributed by atoms with E-state index >= 15 is 0 Å². The zero-order valence-electron chi connectivity index (χ0n) is 13.4. The largest absolute Gasteiger partial charge is 0.449 e. The molecule has 25 heavy (non-hydrogen) atoms. The summed E-state index contributed by atoms with van der Waals surface area (Å²) in [6.45, 7) is 1.82. The van der Waals surface area contributed by atoms with Crippen LogP contribution in [0.15, 0.2) is 42.5 Å². The number of carbonyl (C=O) groups excluding carboxylic acids is 2. The highest BCUT2D eigenvalue weighted by molar-refractivity contribution is 6.42. The summed E-state index contributed by atoms with van der Waals surface area (Å²) in [5.74, 6) is -1.40. The summed E-state index contributed by atoms with van der Waals surface area (Å²) in [5.41, 5.74) is 1.10. The van der Waals surface area contributed by atoms with Crippen LogP contribution >= 0.6 is 23.2 Å². The van der Waals surface area contributed by atoms with E-state index < -0.39 is 18.0 Å². The molecule has 0 bridgehead atoms. The van der Waals surface area contributed by atoms with Crippen molar-refractivity contribution in [2.75, 3.05) is 6.54 Å². The monoisotopic (exact) mass is 383 g/mol. The smallest absolute Gasteiger partial charge is 0.338 e. The summed E-state index contributed by atoms with van der Waals surface area (Å²) in [6, 6.07) is 10.3. The minimum atomic E-state index is -0.963. The van der Waals surface area contributed by atoms with Gasteiger partial charge in [-0.3, -0.25) is 4.79 Å². The lowest BCUT2D eigenvalue weighted by molar-refractivity contribution is -0.129. The first kappa shape index (κ1) is 19.2. The van der Waals surface area contributed by atoms with Gasteiger partial charge < -0.3 is 10.1 Å². The van der Waals surface area contributed by atoms with Crippen LogP contribution in [0.1, 0.15) is 22.8 Å². The van der Waals surface area contributed by atoms with Crippen molar-refractivity contribution in [3.8, 4) is 0 Å². The quantitative estimate of drug-likeness (QED) is 0.765. The molecule has 2 aromatic rings.